The Morgan fingerprint density at radius 1 is 1.50 bits per heavy atom. The van der Waals surface area contributed by atoms with Gasteiger partial charge in [-0.2, -0.15) is 10.4 Å². The van der Waals surface area contributed by atoms with Crippen molar-refractivity contribution in [2.24, 2.45) is 5.41 Å². The number of aryl methyl sites for hydroxylation is 2. The van der Waals surface area contributed by atoms with Gasteiger partial charge in [0.2, 0.25) is 5.91 Å². The summed E-state index contributed by atoms with van der Waals surface area (Å²) in [5, 5.41) is 12.9. The minimum atomic E-state index is 0.0351. The third-order valence-electron chi connectivity index (χ3n) is 2.83. The molecule has 0 aliphatic heterocycles. The Morgan fingerprint density at radius 3 is 2.70 bits per heavy atom. The van der Waals surface area contributed by atoms with E-state index in [1.807, 2.05) is 13.1 Å². The second-order valence-corrected chi connectivity index (χ2v) is 6.31. The summed E-state index contributed by atoms with van der Waals surface area (Å²) in [5.41, 5.74) is 1.13. The van der Waals surface area contributed by atoms with E-state index in [1.54, 1.807) is 15.8 Å². The van der Waals surface area contributed by atoms with Crippen molar-refractivity contribution in [3.63, 3.8) is 0 Å². The van der Waals surface area contributed by atoms with Crippen LogP contribution in [-0.2, 0) is 11.3 Å². The van der Waals surface area contributed by atoms with Gasteiger partial charge in [-0.05, 0) is 17.9 Å². The molecule has 5 heteroatoms. The third kappa shape index (κ3) is 5.87. The minimum absolute atomic E-state index is 0.0351. The zero-order valence-corrected chi connectivity index (χ0v) is 12.9. The van der Waals surface area contributed by atoms with E-state index < -0.39 is 0 Å². The Balaban J connectivity index is 2.56. The highest BCUT2D eigenvalue weighted by atomic mass is 16.2. The number of rotatable bonds is 6. The maximum Gasteiger partial charge on any atom is 0.224 e. The van der Waals surface area contributed by atoms with Crippen LogP contribution in [0.4, 0.5) is 0 Å². The molecule has 0 unspecified atom stereocenters. The molecule has 0 aromatic carbocycles. The largest absolute Gasteiger partial charge is 0.341 e. The van der Waals surface area contributed by atoms with Crippen LogP contribution in [0.1, 0.15) is 39.2 Å². The molecule has 1 aromatic rings. The summed E-state index contributed by atoms with van der Waals surface area (Å²) >= 11 is 0. The van der Waals surface area contributed by atoms with E-state index in [0.29, 0.717) is 32.5 Å². The molecule has 0 bridgehead atoms. The Labute approximate surface area is 121 Å². The van der Waals surface area contributed by atoms with Crippen molar-refractivity contribution in [1.29, 1.82) is 5.26 Å². The minimum Gasteiger partial charge on any atom is -0.341 e. The van der Waals surface area contributed by atoms with Crippen LogP contribution in [0.3, 0.4) is 0 Å². The highest BCUT2D eigenvalue weighted by Gasteiger charge is 2.20. The lowest BCUT2D eigenvalue weighted by Gasteiger charge is -2.29. The molecular formula is C15H24N4O. The van der Waals surface area contributed by atoms with Crippen molar-refractivity contribution in [3.05, 3.63) is 18.0 Å². The zero-order chi connectivity index (χ0) is 15.2. The molecule has 0 aliphatic rings. The molecule has 0 spiro atoms. The molecule has 0 saturated heterocycles. The van der Waals surface area contributed by atoms with Crippen LogP contribution < -0.4 is 0 Å². The van der Waals surface area contributed by atoms with Crippen molar-refractivity contribution < 1.29 is 4.79 Å². The van der Waals surface area contributed by atoms with Gasteiger partial charge in [0.15, 0.2) is 0 Å². The van der Waals surface area contributed by atoms with E-state index >= 15 is 0 Å². The summed E-state index contributed by atoms with van der Waals surface area (Å²) in [6, 6.07) is 2.10. The molecule has 0 radical (unpaired) electrons. The van der Waals surface area contributed by atoms with Crippen LogP contribution in [0.2, 0.25) is 0 Å². The molecule has 1 rings (SSSR count). The Hall–Kier alpha value is -1.83. The maximum atomic E-state index is 12.3. The van der Waals surface area contributed by atoms with Crippen LogP contribution in [0.25, 0.3) is 0 Å². The number of carbonyl (C=O) groups excluding carboxylic acids is 1. The van der Waals surface area contributed by atoms with Gasteiger partial charge in [-0.15, -0.1) is 0 Å². The summed E-state index contributed by atoms with van der Waals surface area (Å²) < 4.78 is 1.78. The predicted molar refractivity (Wildman–Crippen MR) is 77.8 cm³/mol. The fraction of sp³-hybridized carbons (Fsp3) is 0.667. The fourth-order valence-corrected chi connectivity index (χ4v) is 2.01. The van der Waals surface area contributed by atoms with E-state index in [9.17, 15) is 4.79 Å². The molecule has 0 N–H and O–H groups in total. The van der Waals surface area contributed by atoms with Gasteiger partial charge in [-0.3, -0.25) is 9.48 Å². The summed E-state index contributed by atoms with van der Waals surface area (Å²) in [6.45, 7) is 10.0. The van der Waals surface area contributed by atoms with E-state index in [0.717, 1.165) is 5.56 Å². The zero-order valence-electron chi connectivity index (χ0n) is 12.9. The second-order valence-electron chi connectivity index (χ2n) is 6.31. The van der Waals surface area contributed by atoms with Crippen LogP contribution in [0, 0.1) is 23.7 Å². The van der Waals surface area contributed by atoms with Crippen molar-refractivity contribution >= 4 is 5.91 Å². The number of amides is 1. The molecule has 5 nitrogen and oxygen atoms in total. The SMILES string of the molecule is Cc1cnn(CCC(=O)N(CCC#N)CC(C)(C)C)c1. The number of carbonyl (C=O) groups is 1. The molecule has 0 saturated carbocycles. The Kier molecular flexibility index (Phi) is 5.75. The quantitative estimate of drug-likeness (QED) is 0.801. The first-order chi connectivity index (χ1) is 9.31. The number of aromatic nitrogens is 2. The first kappa shape index (κ1) is 16.2. The van der Waals surface area contributed by atoms with Crippen LogP contribution in [-0.4, -0.2) is 33.7 Å². The first-order valence-corrected chi connectivity index (χ1v) is 6.95. The number of hydrogen-bond acceptors (Lipinski definition) is 3. The van der Waals surface area contributed by atoms with E-state index in [4.69, 9.17) is 5.26 Å². The average Bonchev–Trinajstić information content (AvgIpc) is 2.76. The first-order valence-electron chi connectivity index (χ1n) is 6.95. The third-order valence-corrected chi connectivity index (χ3v) is 2.83. The topological polar surface area (TPSA) is 61.9 Å². The van der Waals surface area contributed by atoms with E-state index in [2.05, 4.69) is 31.9 Å². The number of hydrogen-bond donors (Lipinski definition) is 0. The molecule has 1 heterocycles. The average molecular weight is 276 g/mol. The van der Waals surface area contributed by atoms with Gasteiger partial charge in [-0.25, -0.2) is 0 Å². The normalized spacial score (nSPS) is 11.2. The van der Waals surface area contributed by atoms with Gasteiger partial charge in [0.1, 0.15) is 0 Å². The van der Waals surface area contributed by atoms with Gasteiger partial charge in [0.25, 0.3) is 0 Å². The smallest absolute Gasteiger partial charge is 0.224 e. The fourth-order valence-electron chi connectivity index (χ4n) is 2.01. The van der Waals surface area contributed by atoms with Gasteiger partial charge in [0, 0.05) is 32.3 Å². The molecule has 0 atom stereocenters. The summed E-state index contributed by atoms with van der Waals surface area (Å²) in [6.07, 6.45) is 4.51. The maximum absolute atomic E-state index is 12.3. The molecule has 1 aromatic heterocycles. The standard InChI is InChI=1S/C15H24N4O/c1-13-10-17-19(11-13)9-6-14(20)18(8-5-7-16)12-15(2,3)4/h10-11H,5-6,8-9,12H2,1-4H3. The highest BCUT2D eigenvalue weighted by Crippen LogP contribution is 2.16. The Bertz CT molecular complexity index is 479. The van der Waals surface area contributed by atoms with Crippen molar-refractivity contribution in [2.75, 3.05) is 13.1 Å². The van der Waals surface area contributed by atoms with Crippen molar-refractivity contribution in [1.82, 2.24) is 14.7 Å². The summed E-state index contributed by atoms with van der Waals surface area (Å²) in [7, 11) is 0. The monoisotopic (exact) mass is 276 g/mol. The summed E-state index contributed by atoms with van der Waals surface area (Å²) in [4.78, 5) is 14.1. The van der Waals surface area contributed by atoms with Crippen LogP contribution in [0.15, 0.2) is 12.4 Å². The molecule has 0 fully saturated rings. The lowest BCUT2D eigenvalue weighted by atomic mass is 9.96. The van der Waals surface area contributed by atoms with Gasteiger partial charge < -0.3 is 4.90 Å². The second kappa shape index (κ2) is 7.09. The number of nitrogens with zero attached hydrogens (tertiary/aromatic N) is 4. The lowest BCUT2D eigenvalue weighted by molar-refractivity contribution is -0.132. The van der Waals surface area contributed by atoms with Gasteiger partial charge >= 0.3 is 0 Å². The van der Waals surface area contributed by atoms with Crippen molar-refractivity contribution in [3.8, 4) is 6.07 Å². The van der Waals surface area contributed by atoms with Crippen LogP contribution >= 0.6 is 0 Å². The molecule has 1 amide bonds. The molecule has 0 aliphatic carbocycles. The molecule has 20 heavy (non-hydrogen) atoms. The van der Waals surface area contributed by atoms with E-state index in [1.165, 1.54) is 0 Å². The summed E-state index contributed by atoms with van der Waals surface area (Å²) in [5.74, 6) is 0.0864. The molecular weight excluding hydrogens is 252 g/mol. The van der Waals surface area contributed by atoms with Gasteiger partial charge in [0.05, 0.1) is 18.7 Å². The van der Waals surface area contributed by atoms with E-state index in [-0.39, 0.29) is 11.3 Å². The Morgan fingerprint density at radius 2 is 2.20 bits per heavy atom. The predicted octanol–water partition coefficient (Wildman–Crippen LogP) is 2.37. The van der Waals surface area contributed by atoms with Gasteiger partial charge in [-0.1, -0.05) is 20.8 Å². The highest BCUT2D eigenvalue weighted by molar-refractivity contribution is 5.76. The molecule has 110 valence electrons. The lowest BCUT2D eigenvalue weighted by Crippen LogP contribution is -2.38. The van der Waals surface area contributed by atoms with Crippen LogP contribution in [0.5, 0.6) is 0 Å². The number of nitriles is 1. The van der Waals surface area contributed by atoms with Crippen molar-refractivity contribution in [2.45, 2.75) is 47.1 Å².